The number of aliphatic imine (C=N–C) groups is 1. The van der Waals surface area contributed by atoms with Gasteiger partial charge in [-0.15, -0.1) is 0 Å². The van der Waals surface area contributed by atoms with Gasteiger partial charge in [0.15, 0.2) is 5.96 Å². The second-order valence-electron chi connectivity index (χ2n) is 4.51. The van der Waals surface area contributed by atoms with E-state index >= 15 is 0 Å². The summed E-state index contributed by atoms with van der Waals surface area (Å²) in [6.45, 7) is 0.166. The van der Waals surface area contributed by atoms with Gasteiger partial charge in [-0.2, -0.15) is 13.2 Å². The summed E-state index contributed by atoms with van der Waals surface area (Å²) in [5, 5.41) is 0. The minimum atomic E-state index is -4.33. The number of ether oxygens (including phenoxy) is 1. The lowest BCUT2D eigenvalue weighted by molar-refractivity contribution is -0.137. The third-order valence-corrected chi connectivity index (χ3v) is 2.78. The van der Waals surface area contributed by atoms with Gasteiger partial charge in [0.25, 0.3) is 0 Å². The number of hydrogen-bond acceptors (Lipinski definition) is 2. The minimum Gasteiger partial charge on any atom is -0.489 e. The molecule has 0 atom stereocenters. The van der Waals surface area contributed by atoms with Crippen molar-refractivity contribution in [2.45, 2.75) is 12.8 Å². The van der Waals surface area contributed by atoms with Crippen LogP contribution in [-0.2, 0) is 12.8 Å². The number of hydrogen-bond donors (Lipinski definition) is 2. The summed E-state index contributed by atoms with van der Waals surface area (Å²) < 4.78 is 42.8. The van der Waals surface area contributed by atoms with Crippen LogP contribution in [0, 0.1) is 0 Å². The lowest BCUT2D eigenvalue weighted by atomic mass is 10.1. The van der Waals surface area contributed by atoms with Crippen LogP contribution < -0.4 is 16.2 Å². The van der Waals surface area contributed by atoms with E-state index in [2.05, 4.69) is 4.99 Å². The van der Waals surface area contributed by atoms with Crippen LogP contribution in [0.2, 0.25) is 0 Å². The maximum absolute atomic E-state index is 12.4. The Morgan fingerprint density at radius 2 is 1.55 bits per heavy atom. The molecule has 0 saturated heterocycles. The van der Waals surface area contributed by atoms with E-state index in [0.717, 1.165) is 12.1 Å². The van der Waals surface area contributed by atoms with Crippen LogP contribution in [0.15, 0.2) is 53.5 Å². The third-order valence-electron chi connectivity index (χ3n) is 2.78. The van der Waals surface area contributed by atoms with Crippen LogP contribution in [0.25, 0.3) is 0 Å². The largest absolute Gasteiger partial charge is 0.489 e. The van der Waals surface area contributed by atoms with E-state index in [-0.39, 0.29) is 12.6 Å². The highest BCUT2D eigenvalue weighted by atomic mass is 19.4. The molecule has 22 heavy (non-hydrogen) atoms. The van der Waals surface area contributed by atoms with E-state index < -0.39 is 11.7 Å². The van der Waals surface area contributed by atoms with Crippen molar-refractivity contribution in [3.8, 4) is 5.75 Å². The zero-order chi connectivity index (χ0) is 16.2. The molecule has 0 spiro atoms. The molecule has 4 N–H and O–H groups in total. The first-order valence-electron chi connectivity index (χ1n) is 6.33. The molecule has 0 saturated carbocycles. The summed E-state index contributed by atoms with van der Waals surface area (Å²) in [6, 6.07) is 11.5. The van der Waals surface area contributed by atoms with E-state index in [1.165, 1.54) is 12.1 Å². The molecule has 2 rings (SSSR count). The molecule has 2 aromatic carbocycles. The van der Waals surface area contributed by atoms with Crippen LogP contribution in [0.4, 0.5) is 18.9 Å². The molecule has 0 aliphatic heterocycles. The Labute approximate surface area is 125 Å². The van der Waals surface area contributed by atoms with E-state index in [4.69, 9.17) is 16.2 Å². The van der Waals surface area contributed by atoms with Crippen molar-refractivity contribution in [2.24, 2.45) is 16.5 Å². The van der Waals surface area contributed by atoms with Crippen LogP contribution in [0.3, 0.4) is 0 Å². The van der Waals surface area contributed by atoms with Crippen molar-refractivity contribution in [2.75, 3.05) is 0 Å². The molecular formula is C15H14F3N3O. The average molecular weight is 309 g/mol. The predicted molar refractivity (Wildman–Crippen MR) is 77.7 cm³/mol. The van der Waals surface area contributed by atoms with E-state index in [9.17, 15) is 13.2 Å². The molecule has 0 bridgehead atoms. The van der Waals surface area contributed by atoms with Crippen molar-refractivity contribution < 1.29 is 17.9 Å². The van der Waals surface area contributed by atoms with Crippen LogP contribution in [0.1, 0.15) is 11.1 Å². The maximum atomic E-state index is 12.4. The van der Waals surface area contributed by atoms with Gasteiger partial charge >= 0.3 is 6.18 Å². The molecule has 4 nitrogen and oxygen atoms in total. The molecule has 0 heterocycles. The van der Waals surface area contributed by atoms with Gasteiger partial charge in [0, 0.05) is 0 Å². The monoisotopic (exact) mass is 309 g/mol. The summed E-state index contributed by atoms with van der Waals surface area (Å²) in [7, 11) is 0. The molecule has 0 aliphatic rings. The summed E-state index contributed by atoms with van der Waals surface area (Å²) in [4.78, 5) is 3.86. The number of halogens is 3. The van der Waals surface area contributed by atoms with Gasteiger partial charge < -0.3 is 16.2 Å². The van der Waals surface area contributed by atoms with Gasteiger partial charge in [0.2, 0.25) is 0 Å². The number of nitrogens with two attached hydrogens (primary N) is 2. The molecule has 2 aromatic rings. The molecule has 0 fully saturated rings. The summed E-state index contributed by atoms with van der Waals surface area (Å²) in [5.41, 5.74) is 11.1. The number of alkyl halides is 3. The summed E-state index contributed by atoms with van der Waals surface area (Å²) in [5.74, 6) is 0.521. The molecule has 0 radical (unpaired) electrons. The first-order chi connectivity index (χ1) is 10.3. The van der Waals surface area contributed by atoms with Gasteiger partial charge in [-0.25, -0.2) is 4.99 Å². The normalized spacial score (nSPS) is 11.0. The minimum absolute atomic E-state index is 0.0431. The Morgan fingerprint density at radius 3 is 2.05 bits per heavy atom. The molecular weight excluding hydrogens is 295 g/mol. The highest BCUT2D eigenvalue weighted by Gasteiger charge is 2.29. The molecule has 116 valence electrons. The fourth-order valence-electron chi connectivity index (χ4n) is 1.72. The smallest absolute Gasteiger partial charge is 0.416 e. The fraction of sp³-hybridized carbons (Fsp3) is 0.133. The SMILES string of the molecule is NC(N)=Nc1ccc(OCc2ccc(C(F)(F)F)cc2)cc1. The van der Waals surface area contributed by atoms with Crippen molar-refractivity contribution in [3.05, 3.63) is 59.7 Å². The van der Waals surface area contributed by atoms with Crippen molar-refractivity contribution >= 4 is 11.6 Å². The Bertz CT molecular complexity index is 645. The Morgan fingerprint density at radius 1 is 0.955 bits per heavy atom. The predicted octanol–water partition coefficient (Wildman–Crippen LogP) is 3.19. The quantitative estimate of drug-likeness (QED) is 0.673. The Hall–Kier alpha value is -2.70. The number of nitrogens with zero attached hydrogens (tertiary/aromatic N) is 1. The van der Waals surface area contributed by atoms with Crippen molar-refractivity contribution in [1.29, 1.82) is 0 Å². The van der Waals surface area contributed by atoms with Crippen LogP contribution in [-0.4, -0.2) is 5.96 Å². The first kappa shape index (κ1) is 15.7. The lowest BCUT2D eigenvalue weighted by Gasteiger charge is -2.09. The number of rotatable bonds is 4. The summed E-state index contributed by atoms with van der Waals surface area (Å²) >= 11 is 0. The van der Waals surface area contributed by atoms with Gasteiger partial charge in [0.05, 0.1) is 11.3 Å². The van der Waals surface area contributed by atoms with Gasteiger partial charge in [-0.05, 0) is 42.0 Å². The Balaban J connectivity index is 1.97. The second kappa shape index (κ2) is 6.38. The highest BCUT2D eigenvalue weighted by Crippen LogP contribution is 2.29. The average Bonchev–Trinajstić information content (AvgIpc) is 2.45. The molecule has 0 aromatic heterocycles. The second-order valence-corrected chi connectivity index (χ2v) is 4.51. The van der Waals surface area contributed by atoms with Crippen LogP contribution in [0.5, 0.6) is 5.75 Å². The standard InChI is InChI=1S/C15H14F3N3O/c16-15(17,18)11-3-1-10(2-4-11)9-22-13-7-5-12(6-8-13)21-14(19)20/h1-8H,9H2,(H4,19,20,21). The van der Waals surface area contributed by atoms with E-state index in [0.29, 0.717) is 17.0 Å². The Kier molecular flexibility index (Phi) is 4.55. The van der Waals surface area contributed by atoms with Gasteiger partial charge in [-0.3, -0.25) is 0 Å². The molecule has 7 heteroatoms. The molecule has 0 unspecified atom stereocenters. The van der Waals surface area contributed by atoms with Crippen molar-refractivity contribution in [1.82, 2.24) is 0 Å². The lowest BCUT2D eigenvalue weighted by Crippen LogP contribution is -2.21. The number of benzene rings is 2. The highest BCUT2D eigenvalue weighted by molar-refractivity contribution is 5.79. The van der Waals surface area contributed by atoms with E-state index in [1.807, 2.05) is 0 Å². The van der Waals surface area contributed by atoms with Crippen molar-refractivity contribution in [3.63, 3.8) is 0 Å². The topological polar surface area (TPSA) is 73.6 Å². The van der Waals surface area contributed by atoms with E-state index in [1.54, 1.807) is 24.3 Å². The summed E-state index contributed by atoms with van der Waals surface area (Å²) in [6.07, 6.45) is -4.33. The maximum Gasteiger partial charge on any atom is 0.416 e. The van der Waals surface area contributed by atoms with Gasteiger partial charge in [-0.1, -0.05) is 12.1 Å². The zero-order valence-electron chi connectivity index (χ0n) is 11.5. The molecule has 0 amide bonds. The fourth-order valence-corrected chi connectivity index (χ4v) is 1.72. The third kappa shape index (κ3) is 4.41. The first-order valence-corrected chi connectivity index (χ1v) is 6.33. The number of guanidine groups is 1. The molecule has 0 aliphatic carbocycles. The van der Waals surface area contributed by atoms with Gasteiger partial charge in [0.1, 0.15) is 12.4 Å². The van der Waals surface area contributed by atoms with Crippen LogP contribution >= 0.6 is 0 Å². The zero-order valence-corrected chi connectivity index (χ0v) is 11.5.